The lowest BCUT2D eigenvalue weighted by Gasteiger charge is -2.32. The fourth-order valence-electron chi connectivity index (χ4n) is 1.51. The van der Waals surface area contributed by atoms with Crippen molar-refractivity contribution in [3.05, 3.63) is 11.8 Å². The second kappa shape index (κ2) is 6.05. The van der Waals surface area contributed by atoms with Gasteiger partial charge in [-0.25, -0.2) is 9.59 Å². The maximum Gasteiger partial charge on any atom is 0.351 e. The van der Waals surface area contributed by atoms with E-state index in [4.69, 9.17) is 14.2 Å². The van der Waals surface area contributed by atoms with Crippen LogP contribution >= 0.6 is 15.9 Å². The highest BCUT2D eigenvalue weighted by atomic mass is 79.9. The number of carbonyl (C=O) groups excluding carboxylic acids is 2. The van der Waals surface area contributed by atoms with Gasteiger partial charge in [0.05, 0.1) is 31.0 Å². The van der Waals surface area contributed by atoms with E-state index in [1.165, 1.54) is 6.08 Å². The third-order valence-electron chi connectivity index (χ3n) is 2.23. The highest BCUT2D eigenvalue weighted by molar-refractivity contribution is 9.09. The topological polar surface area (TPSA) is 61.8 Å². The fraction of sp³-hybridized carbons (Fsp3) is 0.636. The van der Waals surface area contributed by atoms with Gasteiger partial charge in [-0.3, -0.25) is 0 Å². The number of esters is 2. The summed E-state index contributed by atoms with van der Waals surface area (Å²) >= 11 is 3.18. The molecule has 1 rings (SSSR count). The molecule has 1 atom stereocenters. The molecule has 5 nitrogen and oxygen atoms in total. The first-order valence-electron chi connectivity index (χ1n) is 5.37. The molecular weight excluding hydrogens is 292 g/mol. The van der Waals surface area contributed by atoms with Crippen LogP contribution in [0.25, 0.3) is 0 Å². The second-order valence-electron chi connectivity index (χ2n) is 3.49. The smallest absolute Gasteiger partial charge is 0.351 e. The van der Waals surface area contributed by atoms with Crippen LogP contribution in [0.15, 0.2) is 11.8 Å². The molecule has 0 aliphatic carbocycles. The Labute approximate surface area is 108 Å². The van der Waals surface area contributed by atoms with Gasteiger partial charge in [-0.15, -0.1) is 0 Å². The molecule has 0 spiro atoms. The molecule has 0 saturated heterocycles. The summed E-state index contributed by atoms with van der Waals surface area (Å²) in [5.74, 6) is -0.709. The first-order valence-corrected chi connectivity index (χ1v) is 6.49. The van der Waals surface area contributed by atoms with Crippen LogP contribution in [0.4, 0.5) is 0 Å². The van der Waals surface area contributed by atoms with Crippen LogP contribution in [0.5, 0.6) is 0 Å². The molecule has 0 unspecified atom stereocenters. The van der Waals surface area contributed by atoms with E-state index in [0.717, 1.165) is 0 Å². The summed E-state index contributed by atoms with van der Waals surface area (Å²) in [4.78, 5) is 23.3. The molecule has 1 heterocycles. The second-order valence-corrected chi connectivity index (χ2v) is 4.05. The number of halogens is 1. The quantitative estimate of drug-likeness (QED) is 0.570. The van der Waals surface area contributed by atoms with Gasteiger partial charge in [-0.2, -0.15) is 0 Å². The summed E-state index contributed by atoms with van der Waals surface area (Å²) in [5.41, 5.74) is -1.31. The number of alkyl halides is 1. The Morgan fingerprint density at radius 3 is 2.76 bits per heavy atom. The van der Waals surface area contributed by atoms with E-state index in [-0.39, 0.29) is 18.4 Å². The lowest BCUT2D eigenvalue weighted by Crippen LogP contribution is -2.48. The Morgan fingerprint density at radius 2 is 2.24 bits per heavy atom. The number of carbonyl (C=O) groups is 2. The molecule has 0 fully saturated rings. The zero-order valence-electron chi connectivity index (χ0n) is 9.82. The van der Waals surface area contributed by atoms with Crippen molar-refractivity contribution >= 4 is 27.9 Å². The van der Waals surface area contributed by atoms with Gasteiger partial charge in [-0.05, 0) is 13.8 Å². The van der Waals surface area contributed by atoms with Gasteiger partial charge >= 0.3 is 11.9 Å². The zero-order valence-corrected chi connectivity index (χ0v) is 11.4. The van der Waals surface area contributed by atoms with Crippen LogP contribution in [0.3, 0.4) is 0 Å². The molecule has 96 valence electrons. The molecule has 0 saturated carbocycles. The molecule has 0 aromatic heterocycles. The average molecular weight is 307 g/mol. The number of cyclic esters (lactones) is 1. The van der Waals surface area contributed by atoms with Crippen LogP contribution in [0.1, 0.15) is 20.3 Å². The zero-order chi connectivity index (χ0) is 12.9. The Kier molecular flexibility index (Phi) is 4.99. The van der Waals surface area contributed by atoms with Crippen molar-refractivity contribution in [1.82, 2.24) is 0 Å². The molecule has 0 aromatic rings. The van der Waals surface area contributed by atoms with Gasteiger partial charge in [0.2, 0.25) is 5.60 Å². The van der Waals surface area contributed by atoms with Gasteiger partial charge in [-0.1, -0.05) is 15.9 Å². The lowest BCUT2D eigenvalue weighted by molar-refractivity contribution is -0.179. The molecule has 0 amide bonds. The monoisotopic (exact) mass is 306 g/mol. The van der Waals surface area contributed by atoms with Crippen LogP contribution in [0.2, 0.25) is 0 Å². The van der Waals surface area contributed by atoms with Crippen LogP contribution in [0, 0.1) is 0 Å². The predicted molar refractivity (Wildman–Crippen MR) is 63.6 cm³/mol. The van der Waals surface area contributed by atoms with E-state index >= 15 is 0 Å². The van der Waals surface area contributed by atoms with Crippen molar-refractivity contribution in [2.75, 3.05) is 18.5 Å². The van der Waals surface area contributed by atoms with Gasteiger partial charge in [0.1, 0.15) is 5.76 Å². The predicted octanol–water partition coefficient (Wildman–Crippen LogP) is 1.55. The third-order valence-corrected chi connectivity index (χ3v) is 3.13. The van der Waals surface area contributed by atoms with Gasteiger partial charge in [0.15, 0.2) is 0 Å². The first kappa shape index (κ1) is 14.0. The van der Waals surface area contributed by atoms with Crippen LogP contribution in [-0.4, -0.2) is 36.1 Å². The van der Waals surface area contributed by atoms with Gasteiger partial charge in [0.25, 0.3) is 0 Å². The van der Waals surface area contributed by atoms with Crippen molar-refractivity contribution in [2.24, 2.45) is 0 Å². The Balaban J connectivity index is 2.91. The molecule has 0 bridgehead atoms. The van der Waals surface area contributed by atoms with Crippen molar-refractivity contribution < 1.29 is 23.8 Å². The van der Waals surface area contributed by atoms with Crippen molar-refractivity contribution in [3.63, 3.8) is 0 Å². The normalized spacial score (nSPS) is 23.7. The highest BCUT2D eigenvalue weighted by Gasteiger charge is 2.46. The minimum absolute atomic E-state index is 0.176. The molecule has 17 heavy (non-hydrogen) atoms. The molecule has 6 heteroatoms. The minimum atomic E-state index is -1.31. The van der Waals surface area contributed by atoms with Gasteiger partial charge < -0.3 is 14.2 Å². The summed E-state index contributed by atoms with van der Waals surface area (Å²) in [5, 5.41) is 0.176. The van der Waals surface area contributed by atoms with E-state index in [1.54, 1.807) is 13.8 Å². The van der Waals surface area contributed by atoms with Crippen LogP contribution in [-0.2, 0) is 23.8 Å². The number of ether oxygens (including phenoxy) is 3. The third kappa shape index (κ3) is 3.21. The largest absolute Gasteiger partial charge is 0.498 e. The van der Waals surface area contributed by atoms with Crippen LogP contribution < -0.4 is 0 Å². The summed E-state index contributed by atoms with van der Waals surface area (Å²) < 4.78 is 15.3. The van der Waals surface area contributed by atoms with E-state index in [9.17, 15) is 9.59 Å². The molecule has 1 aliphatic heterocycles. The maximum atomic E-state index is 11.8. The highest BCUT2D eigenvalue weighted by Crippen LogP contribution is 2.30. The molecule has 1 aliphatic rings. The Morgan fingerprint density at radius 1 is 1.53 bits per heavy atom. The standard InChI is InChI=1S/C11H15BrO5/c1-3-15-8-5-9(13)17-11(6-8,7-12)10(14)16-4-2/h5H,3-4,6-7H2,1-2H3/t11-/m1/s1. The number of hydrogen-bond acceptors (Lipinski definition) is 5. The number of rotatable bonds is 5. The van der Waals surface area contributed by atoms with E-state index in [1.807, 2.05) is 0 Å². The summed E-state index contributed by atoms with van der Waals surface area (Å²) in [6, 6.07) is 0. The molecule has 0 aromatic carbocycles. The fourth-order valence-corrected chi connectivity index (χ4v) is 2.05. The SMILES string of the molecule is CCOC(=O)[C@]1(CBr)CC(OCC)=CC(=O)O1. The molecule has 0 radical (unpaired) electrons. The van der Waals surface area contributed by atoms with E-state index in [2.05, 4.69) is 15.9 Å². The Bertz CT molecular complexity index is 339. The minimum Gasteiger partial charge on any atom is -0.498 e. The molecular formula is C11H15BrO5. The maximum absolute atomic E-state index is 11.8. The molecule has 0 N–H and O–H groups in total. The van der Waals surface area contributed by atoms with Crippen molar-refractivity contribution in [2.45, 2.75) is 25.9 Å². The average Bonchev–Trinajstić information content (AvgIpc) is 2.28. The summed E-state index contributed by atoms with van der Waals surface area (Å²) in [6.45, 7) is 4.17. The Hall–Kier alpha value is -1.04. The summed E-state index contributed by atoms with van der Waals surface area (Å²) in [6.07, 6.45) is 1.44. The van der Waals surface area contributed by atoms with E-state index in [0.29, 0.717) is 12.4 Å². The van der Waals surface area contributed by atoms with Gasteiger partial charge in [0, 0.05) is 0 Å². The van der Waals surface area contributed by atoms with E-state index < -0.39 is 17.5 Å². The summed E-state index contributed by atoms with van der Waals surface area (Å²) in [7, 11) is 0. The van der Waals surface area contributed by atoms with Crippen molar-refractivity contribution in [1.29, 1.82) is 0 Å². The number of hydrogen-bond donors (Lipinski definition) is 0. The lowest BCUT2D eigenvalue weighted by atomic mass is 9.98. The first-order chi connectivity index (χ1) is 8.07. The van der Waals surface area contributed by atoms with Crippen molar-refractivity contribution in [3.8, 4) is 0 Å².